The standard InChI is InChI=1S/C26H31N5O3/c1-18-9-14-22(23(27-5)29-18)24(32)30-20-10-12-21(13-11-20)31(26(2,3)4)25(33)34-17-15-19-8-6-7-16-28-19/h6-14,16H,15,17H2,1-5H3,(H,27,29)(H,30,32). The van der Waals surface area contributed by atoms with Crippen molar-refractivity contribution in [2.75, 3.05) is 29.2 Å². The van der Waals surface area contributed by atoms with Crippen molar-refractivity contribution in [3.8, 4) is 0 Å². The van der Waals surface area contributed by atoms with Gasteiger partial charge in [0.2, 0.25) is 0 Å². The Morgan fingerprint density at radius 2 is 1.76 bits per heavy atom. The van der Waals surface area contributed by atoms with E-state index in [9.17, 15) is 9.59 Å². The van der Waals surface area contributed by atoms with E-state index in [-0.39, 0.29) is 12.5 Å². The van der Waals surface area contributed by atoms with Crippen molar-refractivity contribution < 1.29 is 14.3 Å². The minimum absolute atomic E-state index is 0.231. The van der Waals surface area contributed by atoms with E-state index in [1.165, 1.54) is 0 Å². The van der Waals surface area contributed by atoms with E-state index in [0.717, 1.165) is 11.4 Å². The van der Waals surface area contributed by atoms with Crippen LogP contribution < -0.4 is 15.5 Å². The largest absolute Gasteiger partial charge is 0.449 e. The predicted octanol–water partition coefficient (Wildman–Crippen LogP) is 5.06. The summed E-state index contributed by atoms with van der Waals surface area (Å²) in [5.41, 5.74) is 2.89. The zero-order chi connectivity index (χ0) is 24.7. The molecular weight excluding hydrogens is 430 g/mol. The summed E-state index contributed by atoms with van der Waals surface area (Å²) < 4.78 is 5.54. The summed E-state index contributed by atoms with van der Waals surface area (Å²) in [4.78, 5) is 35.9. The van der Waals surface area contributed by atoms with Crippen molar-refractivity contribution in [1.82, 2.24) is 9.97 Å². The fourth-order valence-corrected chi connectivity index (χ4v) is 3.44. The summed E-state index contributed by atoms with van der Waals surface area (Å²) in [6.45, 7) is 7.91. The third-order valence-electron chi connectivity index (χ3n) is 5.06. The molecule has 34 heavy (non-hydrogen) atoms. The highest BCUT2D eigenvalue weighted by atomic mass is 16.6. The molecule has 0 aliphatic heterocycles. The van der Waals surface area contributed by atoms with Gasteiger partial charge in [-0.25, -0.2) is 9.78 Å². The number of nitrogens with zero attached hydrogens (tertiary/aromatic N) is 3. The minimum atomic E-state index is -0.512. The summed E-state index contributed by atoms with van der Waals surface area (Å²) in [5, 5.41) is 5.83. The van der Waals surface area contributed by atoms with E-state index >= 15 is 0 Å². The minimum Gasteiger partial charge on any atom is -0.449 e. The highest BCUT2D eigenvalue weighted by Crippen LogP contribution is 2.27. The molecule has 0 aliphatic rings. The molecule has 2 aromatic heterocycles. The van der Waals surface area contributed by atoms with Gasteiger partial charge >= 0.3 is 6.09 Å². The highest BCUT2D eigenvalue weighted by molar-refractivity contribution is 6.07. The third kappa shape index (κ3) is 6.31. The number of anilines is 3. The number of hydrogen-bond acceptors (Lipinski definition) is 6. The number of aryl methyl sites for hydroxylation is 1. The van der Waals surface area contributed by atoms with Gasteiger partial charge in [-0.1, -0.05) is 6.07 Å². The van der Waals surface area contributed by atoms with Gasteiger partial charge in [-0.3, -0.25) is 14.7 Å². The number of hydrogen-bond donors (Lipinski definition) is 2. The quantitative estimate of drug-likeness (QED) is 0.510. The van der Waals surface area contributed by atoms with Crippen LogP contribution in [-0.4, -0.2) is 41.2 Å². The molecule has 2 heterocycles. The molecule has 0 fully saturated rings. The fraction of sp³-hybridized carbons (Fsp3) is 0.308. The second kappa shape index (κ2) is 10.8. The summed E-state index contributed by atoms with van der Waals surface area (Å²) in [6, 6.07) is 16.3. The van der Waals surface area contributed by atoms with Gasteiger partial charge in [-0.15, -0.1) is 0 Å². The number of pyridine rings is 2. The van der Waals surface area contributed by atoms with Crippen molar-refractivity contribution >= 4 is 29.2 Å². The monoisotopic (exact) mass is 461 g/mol. The number of nitrogens with one attached hydrogen (secondary N) is 2. The first-order valence-corrected chi connectivity index (χ1v) is 11.1. The summed E-state index contributed by atoms with van der Waals surface area (Å²) in [5.74, 6) is 0.243. The van der Waals surface area contributed by atoms with Crippen molar-refractivity contribution in [3.05, 3.63) is 77.7 Å². The maximum absolute atomic E-state index is 12.9. The predicted molar refractivity (Wildman–Crippen MR) is 134 cm³/mol. The Balaban J connectivity index is 1.69. The number of carbonyl (C=O) groups excluding carboxylic acids is 2. The van der Waals surface area contributed by atoms with E-state index in [1.54, 1.807) is 54.5 Å². The second-order valence-corrected chi connectivity index (χ2v) is 8.79. The zero-order valence-corrected chi connectivity index (χ0v) is 20.3. The second-order valence-electron chi connectivity index (χ2n) is 8.79. The van der Waals surface area contributed by atoms with Crippen LogP contribution in [-0.2, 0) is 11.2 Å². The topological polar surface area (TPSA) is 96.5 Å². The van der Waals surface area contributed by atoms with Crippen LogP contribution in [0.2, 0.25) is 0 Å². The Morgan fingerprint density at radius 1 is 1.03 bits per heavy atom. The SMILES string of the molecule is CNc1nc(C)ccc1C(=O)Nc1ccc(N(C(=O)OCCc2ccccn2)C(C)(C)C)cc1. The van der Waals surface area contributed by atoms with E-state index in [2.05, 4.69) is 20.6 Å². The van der Waals surface area contributed by atoms with Crippen LogP contribution in [0.15, 0.2) is 60.8 Å². The maximum Gasteiger partial charge on any atom is 0.414 e. The van der Waals surface area contributed by atoms with Gasteiger partial charge in [0, 0.05) is 48.0 Å². The lowest BCUT2D eigenvalue weighted by Gasteiger charge is -2.34. The number of rotatable bonds is 7. The first kappa shape index (κ1) is 24.7. The van der Waals surface area contributed by atoms with E-state index in [4.69, 9.17) is 4.74 Å². The van der Waals surface area contributed by atoms with Gasteiger partial charge in [0.15, 0.2) is 0 Å². The Labute approximate surface area is 200 Å². The summed E-state index contributed by atoms with van der Waals surface area (Å²) >= 11 is 0. The van der Waals surface area contributed by atoms with Crippen LogP contribution in [0.1, 0.15) is 42.5 Å². The summed E-state index contributed by atoms with van der Waals surface area (Å²) in [7, 11) is 1.73. The van der Waals surface area contributed by atoms with Crippen molar-refractivity contribution in [1.29, 1.82) is 0 Å². The average molecular weight is 462 g/mol. The lowest BCUT2D eigenvalue weighted by molar-refractivity contribution is 0.102. The molecule has 0 aliphatic carbocycles. The Kier molecular flexibility index (Phi) is 7.83. The van der Waals surface area contributed by atoms with E-state index < -0.39 is 11.6 Å². The first-order valence-electron chi connectivity index (χ1n) is 11.1. The molecular formula is C26H31N5O3. The number of benzene rings is 1. The molecule has 0 bridgehead atoms. The zero-order valence-electron chi connectivity index (χ0n) is 20.3. The fourth-order valence-electron chi connectivity index (χ4n) is 3.44. The van der Waals surface area contributed by atoms with Gasteiger partial charge in [0.05, 0.1) is 12.2 Å². The van der Waals surface area contributed by atoms with Crippen LogP contribution >= 0.6 is 0 Å². The first-order chi connectivity index (χ1) is 16.2. The molecule has 3 aromatic rings. The molecule has 3 rings (SSSR count). The smallest absolute Gasteiger partial charge is 0.414 e. The Bertz CT molecular complexity index is 1130. The summed E-state index contributed by atoms with van der Waals surface area (Å²) in [6.07, 6.45) is 1.82. The van der Waals surface area contributed by atoms with Gasteiger partial charge in [-0.05, 0) is 76.2 Å². The number of aromatic nitrogens is 2. The van der Waals surface area contributed by atoms with Crippen LogP contribution in [0.3, 0.4) is 0 Å². The molecule has 2 N–H and O–H groups in total. The molecule has 8 heteroatoms. The molecule has 2 amide bonds. The molecule has 8 nitrogen and oxygen atoms in total. The van der Waals surface area contributed by atoms with Gasteiger partial charge in [0.1, 0.15) is 5.82 Å². The van der Waals surface area contributed by atoms with Crippen molar-refractivity contribution in [2.45, 2.75) is 39.7 Å². The average Bonchev–Trinajstić information content (AvgIpc) is 2.80. The number of carbonyl (C=O) groups is 2. The normalized spacial score (nSPS) is 11.0. The third-order valence-corrected chi connectivity index (χ3v) is 5.06. The number of amides is 2. The molecule has 0 atom stereocenters. The molecule has 0 saturated carbocycles. The van der Waals surface area contributed by atoms with Gasteiger partial charge in [0.25, 0.3) is 5.91 Å². The molecule has 0 spiro atoms. The van der Waals surface area contributed by atoms with Crippen LogP contribution in [0.4, 0.5) is 22.0 Å². The molecule has 178 valence electrons. The Morgan fingerprint density at radius 3 is 2.38 bits per heavy atom. The number of ether oxygens (including phenoxy) is 1. The van der Waals surface area contributed by atoms with Crippen molar-refractivity contribution in [3.63, 3.8) is 0 Å². The van der Waals surface area contributed by atoms with Gasteiger partial charge in [-0.2, -0.15) is 0 Å². The Hall–Kier alpha value is -3.94. The van der Waals surface area contributed by atoms with Crippen LogP contribution in [0, 0.1) is 6.92 Å². The maximum atomic E-state index is 12.9. The highest BCUT2D eigenvalue weighted by Gasteiger charge is 2.29. The molecule has 1 aromatic carbocycles. The van der Waals surface area contributed by atoms with E-state index in [1.807, 2.05) is 45.9 Å². The van der Waals surface area contributed by atoms with Crippen LogP contribution in [0.5, 0.6) is 0 Å². The lowest BCUT2D eigenvalue weighted by atomic mass is 10.1. The van der Waals surface area contributed by atoms with E-state index in [0.29, 0.717) is 29.2 Å². The van der Waals surface area contributed by atoms with Crippen LogP contribution in [0.25, 0.3) is 0 Å². The van der Waals surface area contributed by atoms with Crippen molar-refractivity contribution in [2.24, 2.45) is 0 Å². The molecule has 0 radical (unpaired) electrons. The lowest BCUT2D eigenvalue weighted by Crippen LogP contribution is -2.46. The molecule has 0 unspecified atom stereocenters. The molecule has 0 saturated heterocycles. The van der Waals surface area contributed by atoms with Gasteiger partial charge < -0.3 is 15.4 Å².